The number of hydrogen-bond acceptors (Lipinski definition) is 4. The molecule has 5 nitrogen and oxygen atoms in total. The van der Waals surface area contributed by atoms with E-state index in [0.717, 1.165) is 12.1 Å². The highest BCUT2D eigenvalue weighted by Gasteiger charge is 2.03. The Morgan fingerprint density at radius 1 is 1.62 bits per heavy atom. The average Bonchev–Trinajstić information content (AvgIpc) is 2.53. The number of rotatable bonds is 5. The van der Waals surface area contributed by atoms with Crippen LogP contribution in [0.15, 0.2) is 12.5 Å². The minimum Gasteiger partial charge on any atom is -0.394 e. The number of aliphatic hydroxyl groups excluding tert-OH is 2. The van der Waals surface area contributed by atoms with Gasteiger partial charge in [0.1, 0.15) is 0 Å². The summed E-state index contributed by atoms with van der Waals surface area (Å²) in [7, 11) is 0. The Bertz CT molecular complexity index is 249. The number of nitrogens with two attached hydrogens (primary N) is 1. The predicted octanol–water partition coefficient (Wildman–Crippen LogP) is -1.26. The van der Waals surface area contributed by atoms with Crippen LogP contribution in [0.25, 0.3) is 0 Å². The molecule has 0 amide bonds. The van der Waals surface area contributed by atoms with E-state index in [0.29, 0.717) is 13.1 Å². The van der Waals surface area contributed by atoms with E-state index in [4.69, 9.17) is 15.9 Å². The molecule has 0 saturated carbocycles. The van der Waals surface area contributed by atoms with E-state index in [2.05, 4.69) is 4.98 Å². The molecule has 0 saturated heterocycles. The van der Waals surface area contributed by atoms with Crippen LogP contribution in [-0.2, 0) is 13.0 Å². The van der Waals surface area contributed by atoms with Crippen LogP contribution in [0.2, 0.25) is 0 Å². The molecule has 0 spiro atoms. The van der Waals surface area contributed by atoms with Gasteiger partial charge >= 0.3 is 0 Å². The lowest BCUT2D eigenvalue weighted by Crippen LogP contribution is -2.18. The van der Waals surface area contributed by atoms with Gasteiger partial charge in [0, 0.05) is 12.6 Å². The molecule has 1 heterocycles. The zero-order valence-corrected chi connectivity index (χ0v) is 7.43. The summed E-state index contributed by atoms with van der Waals surface area (Å²) in [5.41, 5.74) is 6.27. The Hall–Kier alpha value is -0.910. The highest BCUT2D eigenvalue weighted by atomic mass is 16.3. The predicted molar refractivity (Wildman–Crippen MR) is 48.1 cm³/mol. The van der Waals surface area contributed by atoms with Crippen molar-refractivity contribution in [2.24, 2.45) is 5.73 Å². The number of nitrogens with zero attached hydrogens (tertiary/aromatic N) is 2. The molecule has 13 heavy (non-hydrogen) atoms. The Morgan fingerprint density at radius 3 is 3.00 bits per heavy atom. The third-order valence-electron chi connectivity index (χ3n) is 1.72. The SMILES string of the molecule is NCCc1cn(CC(O)CO)cn1. The summed E-state index contributed by atoms with van der Waals surface area (Å²) in [6.45, 7) is 0.706. The van der Waals surface area contributed by atoms with Crippen molar-refractivity contribution < 1.29 is 10.2 Å². The lowest BCUT2D eigenvalue weighted by molar-refractivity contribution is 0.0812. The van der Waals surface area contributed by atoms with Gasteiger partial charge in [-0.05, 0) is 6.54 Å². The van der Waals surface area contributed by atoms with E-state index in [1.54, 1.807) is 10.9 Å². The summed E-state index contributed by atoms with van der Waals surface area (Å²) in [6.07, 6.45) is 3.47. The second kappa shape index (κ2) is 4.96. The summed E-state index contributed by atoms with van der Waals surface area (Å²) in [5, 5.41) is 17.7. The molecule has 0 aliphatic rings. The van der Waals surface area contributed by atoms with Gasteiger partial charge < -0.3 is 20.5 Å². The van der Waals surface area contributed by atoms with Crippen LogP contribution in [0, 0.1) is 0 Å². The molecule has 5 heteroatoms. The van der Waals surface area contributed by atoms with Crippen LogP contribution in [0.3, 0.4) is 0 Å². The summed E-state index contributed by atoms with van der Waals surface area (Å²) >= 11 is 0. The van der Waals surface area contributed by atoms with Crippen molar-refractivity contribution in [1.29, 1.82) is 0 Å². The van der Waals surface area contributed by atoms with E-state index < -0.39 is 6.10 Å². The van der Waals surface area contributed by atoms with Crippen LogP contribution in [0.4, 0.5) is 0 Å². The molecule has 1 aromatic heterocycles. The van der Waals surface area contributed by atoms with Gasteiger partial charge in [-0.25, -0.2) is 4.98 Å². The van der Waals surface area contributed by atoms with Gasteiger partial charge in [0.2, 0.25) is 0 Å². The highest BCUT2D eigenvalue weighted by Crippen LogP contribution is 1.98. The Balaban J connectivity index is 2.48. The van der Waals surface area contributed by atoms with Crippen molar-refractivity contribution >= 4 is 0 Å². The number of aromatic nitrogens is 2. The molecule has 1 atom stereocenters. The highest BCUT2D eigenvalue weighted by molar-refractivity contribution is 4.97. The zero-order chi connectivity index (χ0) is 9.68. The molecule has 0 fully saturated rings. The van der Waals surface area contributed by atoms with Crippen molar-refractivity contribution in [2.45, 2.75) is 19.1 Å². The molecular weight excluding hydrogens is 170 g/mol. The minimum atomic E-state index is -0.722. The fraction of sp³-hybridized carbons (Fsp3) is 0.625. The monoisotopic (exact) mass is 185 g/mol. The molecule has 4 N–H and O–H groups in total. The van der Waals surface area contributed by atoms with Gasteiger partial charge in [-0.2, -0.15) is 0 Å². The third-order valence-corrected chi connectivity index (χ3v) is 1.72. The maximum Gasteiger partial charge on any atom is 0.0950 e. The smallest absolute Gasteiger partial charge is 0.0950 e. The number of imidazole rings is 1. The number of aliphatic hydroxyl groups is 2. The summed E-state index contributed by atoms with van der Waals surface area (Å²) in [6, 6.07) is 0. The van der Waals surface area contributed by atoms with E-state index >= 15 is 0 Å². The molecule has 0 bridgehead atoms. The van der Waals surface area contributed by atoms with Gasteiger partial charge in [-0.3, -0.25) is 0 Å². The van der Waals surface area contributed by atoms with E-state index in [-0.39, 0.29) is 6.61 Å². The van der Waals surface area contributed by atoms with E-state index in [1.807, 2.05) is 6.20 Å². The molecule has 0 aromatic carbocycles. The second-order valence-corrected chi connectivity index (χ2v) is 2.94. The van der Waals surface area contributed by atoms with Crippen molar-refractivity contribution in [2.75, 3.05) is 13.2 Å². The topological polar surface area (TPSA) is 84.3 Å². The van der Waals surface area contributed by atoms with Crippen LogP contribution >= 0.6 is 0 Å². The minimum absolute atomic E-state index is 0.232. The first-order chi connectivity index (χ1) is 6.26. The van der Waals surface area contributed by atoms with E-state index in [9.17, 15) is 0 Å². The molecule has 0 aliphatic carbocycles. The van der Waals surface area contributed by atoms with Gasteiger partial charge in [-0.15, -0.1) is 0 Å². The molecule has 1 rings (SSSR count). The summed E-state index contributed by atoms with van der Waals surface area (Å²) < 4.78 is 1.74. The molecule has 74 valence electrons. The molecular formula is C8H15N3O2. The average molecular weight is 185 g/mol. The first kappa shape index (κ1) is 10.2. The van der Waals surface area contributed by atoms with Gasteiger partial charge in [-0.1, -0.05) is 0 Å². The molecule has 0 aliphatic heterocycles. The largest absolute Gasteiger partial charge is 0.394 e. The second-order valence-electron chi connectivity index (χ2n) is 2.94. The number of hydrogen-bond donors (Lipinski definition) is 3. The lowest BCUT2D eigenvalue weighted by atomic mass is 10.3. The van der Waals surface area contributed by atoms with Crippen LogP contribution in [-0.4, -0.2) is 39.0 Å². The lowest BCUT2D eigenvalue weighted by Gasteiger charge is -2.06. The summed E-state index contributed by atoms with van der Waals surface area (Å²) in [5.74, 6) is 0. The normalized spacial score (nSPS) is 13.2. The Kier molecular flexibility index (Phi) is 3.88. The van der Waals surface area contributed by atoms with Crippen LogP contribution in [0.5, 0.6) is 0 Å². The maximum atomic E-state index is 9.13. The van der Waals surface area contributed by atoms with Crippen molar-refractivity contribution in [1.82, 2.24) is 9.55 Å². The van der Waals surface area contributed by atoms with Gasteiger partial charge in [0.05, 0.1) is 31.3 Å². The fourth-order valence-electron chi connectivity index (χ4n) is 1.08. The van der Waals surface area contributed by atoms with Crippen LogP contribution < -0.4 is 5.73 Å². The quantitative estimate of drug-likeness (QED) is 0.534. The Morgan fingerprint density at radius 2 is 2.38 bits per heavy atom. The fourth-order valence-corrected chi connectivity index (χ4v) is 1.08. The van der Waals surface area contributed by atoms with Crippen molar-refractivity contribution in [3.05, 3.63) is 18.2 Å². The molecule has 1 unspecified atom stereocenters. The third kappa shape index (κ3) is 3.14. The van der Waals surface area contributed by atoms with E-state index in [1.165, 1.54) is 0 Å². The molecule has 0 radical (unpaired) electrons. The van der Waals surface area contributed by atoms with Gasteiger partial charge in [0.15, 0.2) is 0 Å². The first-order valence-corrected chi connectivity index (χ1v) is 4.26. The standard InChI is InChI=1S/C8H15N3O2/c9-2-1-7-3-11(6-10-7)4-8(13)5-12/h3,6,8,12-13H,1-2,4-5,9H2. The van der Waals surface area contributed by atoms with Crippen LogP contribution in [0.1, 0.15) is 5.69 Å². The van der Waals surface area contributed by atoms with Crippen molar-refractivity contribution in [3.63, 3.8) is 0 Å². The Labute approximate surface area is 76.8 Å². The molecule has 1 aromatic rings. The van der Waals surface area contributed by atoms with Crippen molar-refractivity contribution in [3.8, 4) is 0 Å². The van der Waals surface area contributed by atoms with Gasteiger partial charge in [0.25, 0.3) is 0 Å². The summed E-state index contributed by atoms with van der Waals surface area (Å²) in [4.78, 5) is 4.08. The zero-order valence-electron chi connectivity index (χ0n) is 7.43. The first-order valence-electron chi connectivity index (χ1n) is 4.26. The maximum absolute atomic E-state index is 9.13.